The third-order valence-corrected chi connectivity index (χ3v) is 3.15. The molecule has 2 rings (SSSR count). The van der Waals surface area contributed by atoms with Gasteiger partial charge >= 0.3 is 0 Å². The molecule has 0 heterocycles. The first-order valence-electron chi connectivity index (χ1n) is 6.30. The van der Waals surface area contributed by atoms with Crippen LogP contribution in [0.1, 0.15) is 18.5 Å². The van der Waals surface area contributed by atoms with Crippen LogP contribution in [-0.2, 0) is 0 Å². The molecule has 0 aliphatic rings. The summed E-state index contributed by atoms with van der Waals surface area (Å²) in [6, 6.07) is 21.0. The number of benzene rings is 2. The van der Waals surface area contributed by atoms with Gasteiger partial charge in [0, 0.05) is 5.69 Å². The molecule has 2 atom stereocenters. The van der Waals surface area contributed by atoms with E-state index in [2.05, 4.69) is 55.2 Å². The van der Waals surface area contributed by atoms with E-state index < -0.39 is 0 Å². The Labute approximate surface area is 109 Å². The molecule has 0 radical (unpaired) electrons. The fourth-order valence-electron chi connectivity index (χ4n) is 2.03. The maximum absolute atomic E-state index is 3.91. The number of anilines is 1. The van der Waals surface area contributed by atoms with Gasteiger partial charge in [-0.15, -0.1) is 6.58 Å². The van der Waals surface area contributed by atoms with Crippen molar-refractivity contribution in [2.45, 2.75) is 13.0 Å². The largest absolute Gasteiger partial charge is 0.378 e. The molecule has 0 amide bonds. The molecule has 2 aromatic rings. The highest BCUT2D eigenvalue weighted by Crippen LogP contribution is 2.27. The van der Waals surface area contributed by atoms with Gasteiger partial charge in [0.2, 0.25) is 0 Å². The Kier molecular flexibility index (Phi) is 4.19. The summed E-state index contributed by atoms with van der Waals surface area (Å²) in [5.74, 6) is 0.368. The lowest BCUT2D eigenvalue weighted by molar-refractivity contribution is 0.605. The second kappa shape index (κ2) is 6.06. The third-order valence-electron chi connectivity index (χ3n) is 3.15. The van der Waals surface area contributed by atoms with Crippen LogP contribution in [0.15, 0.2) is 73.3 Å². The molecule has 2 aromatic carbocycles. The van der Waals surface area contributed by atoms with Gasteiger partial charge in [0.05, 0.1) is 6.04 Å². The first-order valence-corrected chi connectivity index (χ1v) is 6.30. The summed E-state index contributed by atoms with van der Waals surface area (Å²) in [6.45, 7) is 6.09. The molecule has 1 nitrogen and oxygen atoms in total. The van der Waals surface area contributed by atoms with Crippen LogP contribution < -0.4 is 5.32 Å². The quantitative estimate of drug-likeness (QED) is 0.746. The highest BCUT2D eigenvalue weighted by molar-refractivity contribution is 5.45. The van der Waals surface area contributed by atoms with Crippen molar-refractivity contribution in [2.24, 2.45) is 5.92 Å². The number of hydrogen-bond acceptors (Lipinski definition) is 1. The Morgan fingerprint density at radius 3 is 2.06 bits per heavy atom. The summed E-state index contributed by atoms with van der Waals surface area (Å²) < 4.78 is 0. The van der Waals surface area contributed by atoms with Crippen molar-refractivity contribution in [2.75, 3.05) is 5.32 Å². The normalized spacial score (nSPS) is 13.6. The lowest BCUT2D eigenvalue weighted by Crippen LogP contribution is -2.17. The topological polar surface area (TPSA) is 12.0 Å². The van der Waals surface area contributed by atoms with E-state index in [9.17, 15) is 0 Å². The van der Waals surface area contributed by atoms with Crippen LogP contribution in [0.25, 0.3) is 0 Å². The molecule has 0 aliphatic carbocycles. The number of para-hydroxylation sites is 1. The van der Waals surface area contributed by atoms with Crippen molar-refractivity contribution in [1.82, 2.24) is 0 Å². The van der Waals surface area contributed by atoms with Crippen LogP contribution in [0.4, 0.5) is 5.69 Å². The highest BCUT2D eigenvalue weighted by atomic mass is 14.9. The van der Waals surface area contributed by atoms with Crippen LogP contribution in [0.2, 0.25) is 0 Å². The second-order valence-corrected chi connectivity index (χ2v) is 4.49. The lowest BCUT2D eigenvalue weighted by atomic mass is 9.94. The van der Waals surface area contributed by atoms with E-state index in [1.165, 1.54) is 5.56 Å². The predicted octanol–water partition coefficient (Wildman–Crippen LogP) is 4.66. The zero-order valence-corrected chi connectivity index (χ0v) is 10.7. The molecule has 18 heavy (non-hydrogen) atoms. The molecule has 0 aliphatic heterocycles. The summed E-state index contributed by atoms with van der Waals surface area (Å²) in [5, 5.41) is 3.57. The Hall–Kier alpha value is -2.02. The van der Waals surface area contributed by atoms with E-state index in [0.717, 1.165) is 5.69 Å². The number of nitrogens with one attached hydrogen (secondary N) is 1. The summed E-state index contributed by atoms with van der Waals surface area (Å²) in [4.78, 5) is 0. The smallest absolute Gasteiger partial charge is 0.0573 e. The average molecular weight is 237 g/mol. The first-order chi connectivity index (χ1) is 8.81. The van der Waals surface area contributed by atoms with E-state index in [-0.39, 0.29) is 6.04 Å². The molecule has 1 heteroatoms. The van der Waals surface area contributed by atoms with Crippen molar-refractivity contribution >= 4 is 5.69 Å². The summed E-state index contributed by atoms with van der Waals surface area (Å²) in [5.41, 5.74) is 2.42. The molecular weight excluding hydrogens is 218 g/mol. The fourth-order valence-corrected chi connectivity index (χ4v) is 2.03. The Morgan fingerprint density at radius 1 is 0.944 bits per heavy atom. The zero-order valence-electron chi connectivity index (χ0n) is 10.7. The summed E-state index contributed by atoms with van der Waals surface area (Å²) in [7, 11) is 0. The highest BCUT2D eigenvalue weighted by Gasteiger charge is 2.16. The van der Waals surface area contributed by atoms with Crippen molar-refractivity contribution in [3.05, 3.63) is 78.9 Å². The van der Waals surface area contributed by atoms with Gasteiger partial charge in [-0.3, -0.25) is 0 Å². The van der Waals surface area contributed by atoms with Crippen LogP contribution in [-0.4, -0.2) is 0 Å². The van der Waals surface area contributed by atoms with E-state index in [1.807, 2.05) is 30.3 Å². The van der Waals surface area contributed by atoms with E-state index >= 15 is 0 Å². The first kappa shape index (κ1) is 12.4. The van der Waals surface area contributed by atoms with Crippen molar-refractivity contribution < 1.29 is 0 Å². The minimum Gasteiger partial charge on any atom is -0.378 e. The predicted molar refractivity (Wildman–Crippen MR) is 78.6 cm³/mol. The standard InChI is InChI=1S/C17H19N/c1-3-14(2)17(15-10-6-4-7-11-15)18-16-12-8-5-9-13-16/h3-14,17-18H,1H2,2H3/t14-,17+/m1/s1. The van der Waals surface area contributed by atoms with Crippen LogP contribution in [0.5, 0.6) is 0 Å². The molecule has 92 valence electrons. The number of rotatable bonds is 5. The van der Waals surface area contributed by atoms with Crippen LogP contribution >= 0.6 is 0 Å². The maximum Gasteiger partial charge on any atom is 0.0573 e. The molecule has 0 saturated heterocycles. The summed E-state index contributed by atoms with van der Waals surface area (Å²) >= 11 is 0. The molecule has 0 aromatic heterocycles. The minimum absolute atomic E-state index is 0.256. The molecular formula is C17H19N. The van der Waals surface area contributed by atoms with Gasteiger partial charge in [0.1, 0.15) is 0 Å². The average Bonchev–Trinajstić information content (AvgIpc) is 2.46. The van der Waals surface area contributed by atoms with Gasteiger partial charge in [-0.25, -0.2) is 0 Å². The van der Waals surface area contributed by atoms with E-state index in [1.54, 1.807) is 0 Å². The number of hydrogen-bond donors (Lipinski definition) is 1. The third kappa shape index (κ3) is 3.01. The second-order valence-electron chi connectivity index (χ2n) is 4.49. The zero-order chi connectivity index (χ0) is 12.8. The van der Waals surface area contributed by atoms with Crippen LogP contribution in [0.3, 0.4) is 0 Å². The summed E-state index contributed by atoms with van der Waals surface area (Å²) in [6.07, 6.45) is 1.99. The molecule has 1 N–H and O–H groups in total. The Morgan fingerprint density at radius 2 is 1.50 bits per heavy atom. The van der Waals surface area contributed by atoms with Crippen LogP contribution in [0, 0.1) is 5.92 Å². The lowest BCUT2D eigenvalue weighted by Gasteiger charge is -2.24. The van der Waals surface area contributed by atoms with Crippen molar-refractivity contribution in [3.63, 3.8) is 0 Å². The van der Waals surface area contributed by atoms with Gasteiger partial charge in [-0.05, 0) is 23.6 Å². The fraction of sp³-hybridized carbons (Fsp3) is 0.176. The molecule has 0 spiro atoms. The molecule has 0 bridgehead atoms. The Bertz CT molecular complexity index is 475. The molecule has 0 unspecified atom stereocenters. The SMILES string of the molecule is C=C[C@@H](C)[C@H](Nc1ccccc1)c1ccccc1. The van der Waals surface area contributed by atoms with Gasteiger partial charge in [0.15, 0.2) is 0 Å². The molecule has 0 saturated carbocycles. The maximum atomic E-state index is 3.91. The van der Waals surface area contributed by atoms with Gasteiger partial charge in [0.25, 0.3) is 0 Å². The van der Waals surface area contributed by atoms with Crippen molar-refractivity contribution in [1.29, 1.82) is 0 Å². The minimum atomic E-state index is 0.256. The van der Waals surface area contributed by atoms with Gasteiger partial charge < -0.3 is 5.32 Å². The van der Waals surface area contributed by atoms with E-state index in [4.69, 9.17) is 0 Å². The monoisotopic (exact) mass is 237 g/mol. The van der Waals surface area contributed by atoms with Gasteiger partial charge in [-0.1, -0.05) is 61.5 Å². The van der Waals surface area contributed by atoms with E-state index in [0.29, 0.717) is 5.92 Å². The molecule has 0 fully saturated rings. The van der Waals surface area contributed by atoms with Crippen molar-refractivity contribution in [3.8, 4) is 0 Å². The van der Waals surface area contributed by atoms with Gasteiger partial charge in [-0.2, -0.15) is 0 Å². The Balaban J connectivity index is 2.24.